The van der Waals surface area contributed by atoms with Crippen molar-refractivity contribution in [2.24, 2.45) is 0 Å². The maximum absolute atomic E-state index is 12.8. The van der Waals surface area contributed by atoms with Crippen LogP contribution >= 0.6 is 0 Å². The van der Waals surface area contributed by atoms with Gasteiger partial charge in [0.1, 0.15) is 11.9 Å². The van der Waals surface area contributed by atoms with Crippen LogP contribution in [0.2, 0.25) is 0 Å². The van der Waals surface area contributed by atoms with Crippen LogP contribution in [-0.4, -0.2) is 49.5 Å². The summed E-state index contributed by atoms with van der Waals surface area (Å²) in [6.45, 7) is 5.59. The van der Waals surface area contributed by atoms with Gasteiger partial charge in [-0.3, -0.25) is 4.79 Å². The highest BCUT2D eigenvalue weighted by Crippen LogP contribution is 2.32. The van der Waals surface area contributed by atoms with Crippen LogP contribution in [0.1, 0.15) is 86.9 Å². The summed E-state index contributed by atoms with van der Waals surface area (Å²) in [5, 5.41) is 13.8. The fourth-order valence-electron chi connectivity index (χ4n) is 5.43. The molecular weight excluding hydrogens is 606 g/mol. The minimum atomic E-state index is -3.75. The van der Waals surface area contributed by atoms with Crippen LogP contribution in [0.25, 0.3) is 11.1 Å². The van der Waals surface area contributed by atoms with Gasteiger partial charge in [0.05, 0.1) is 24.0 Å². The van der Waals surface area contributed by atoms with Crippen LogP contribution in [0.15, 0.2) is 66.7 Å². The number of benzene rings is 3. The highest BCUT2D eigenvalue weighted by molar-refractivity contribution is 7.89. The zero-order valence-electron chi connectivity index (χ0n) is 26.9. The van der Waals surface area contributed by atoms with Gasteiger partial charge in [-0.2, -0.15) is 0 Å². The zero-order chi connectivity index (χ0) is 33.5. The third-order valence-electron chi connectivity index (χ3n) is 7.66. The van der Waals surface area contributed by atoms with Crippen LogP contribution in [0, 0.1) is 0 Å². The SMILES string of the molecule is CC(C)(C)NC(=O)OC(Cc1ccc(-c2ccc(C(=O)NS(C)(=O)=O)c(OC3CCCCC3)c2)cc1)C[C@@H](O)c1ccc(N)cc1. The predicted molar refractivity (Wildman–Crippen MR) is 179 cm³/mol. The Morgan fingerprint density at radius 3 is 2.20 bits per heavy atom. The topological polar surface area (TPSA) is 157 Å². The molecule has 0 radical (unpaired) electrons. The molecular formula is C35H45N3O7S. The number of amides is 2. The average Bonchev–Trinajstić information content (AvgIpc) is 2.96. The minimum absolute atomic E-state index is 0.0489. The number of alkyl carbamates (subject to hydrolysis) is 1. The van der Waals surface area contributed by atoms with Crippen LogP contribution in [0.3, 0.4) is 0 Å². The molecule has 2 atom stereocenters. The van der Waals surface area contributed by atoms with E-state index in [9.17, 15) is 23.1 Å². The molecule has 11 heteroatoms. The van der Waals surface area contributed by atoms with E-state index >= 15 is 0 Å². The van der Waals surface area contributed by atoms with Crippen molar-refractivity contribution >= 4 is 27.7 Å². The smallest absolute Gasteiger partial charge is 0.407 e. The number of sulfonamides is 1. The van der Waals surface area contributed by atoms with Crippen molar-refractivity contribution in [3.05, 3.63) is 83.4 Å². The first kappa shape index (κ1) is 34.8. The van der Waals surface area contributed by atoms with Gasteiger partial charge in [0, 0.05) is 24.1 Å². The molecule has 5 N–H and O–H groups in total. The number of aliphatic hydroxyl groups is 1. The number of carbonyl (C=O) groups excluding carboxylic acids is 2. The van der Waals surface area contributed by atoms with Gasteiger partial charge in [-0.05, 0) is 93.0 Å². The number of nitrogen functional groups attached to an aromatic ring is 1. The van der Waals surface area contributed by atoms with Crippen molar-refractivity contribution in [2.45, 2.75) is 89.6 Å². The molecule has 0 spiro atoms. The molecule has 2 amide bonds. The second-order valence-electron chi connectivity index (χ2n) is 13.0. The van der Waals surface area contributed by atoms with E-state index in [4.69, 9.17) is 15.2 Å². The minimum Gasteiger partial charge on any atom is -0.490 e. The Morgan fingerprint density at radius 2 is 1.59 bits per heavy atom. The number of nitrogens with one attached hydrogen (secondary N) is 2. The van der Waals surface area contributed by atoms with Crippen molar-refractivity contribution in [3.8, 4) is 16.9 Å². The number of hydrogen-bond acceptors (Lipinski definition) is 8. The summed E-state index contributed by atoms with van der Waals surface area (Å²) in [5.41, 5.74) is 9.28. The first-order valence-corrected chi connectivity index (χ1v) is 17.5. The molecule has 0 aromatic heterocycles. The Labute approximate surface area is 271 Å². The van der Waals surface area contributed by atoms with Gasteiger partial charge in [-0.1, -0.05) is 48.9 Å². The van der Waals surface area contributed by atoms with Crippen LogP contribution < -0.4 is 20.5 Å². The van der Waals surface area contributed by atoms with Gasteiger partial charge in [-0.15, -0.1) is 0 Å². The molecule has 248 valence electrons. The van der Waals surface area contributed by atoms with E-state index in [1.165, 1.54) is 0 Å². The molecule has 0 saturated heterocycles. The maximum Gasteiger partial charge on any atom is 0.407 e. The summed E-state index contributed by atoms with van der Waals surface area (Å²) < 4.78 is 37.6. The fourth-order valence-corrected chi connectivity index (χ4v) is 5.88. The molecule has 1 aliphatic carbocycles. The van der Waals surface area contributed by atoms with E-state index in [1.807, 2.05) is 49.8 Å². The lowest BCUT2D eigenvalue weighted by molar-refractivity contribution is 0.0502. The number of nitrogens with two attached hydrogens (primary N) is 1. The normalized spacial score (nSPS) is 15.4. The molecule has 0 bridgehead atoms. The molecule has 0 aliphatic heterocycles. The second kappa shape index (κ2) is 15.0. The number of hydrogen-bond donors (Lipinski definition) is 4. The zero-order valence-corrected chi connectivity index (χ0v) is 27.7. The molecule has 1 saturated carbocycles. The Balaban J connectivity index is 1.55. The first-order chi connectivity index (χ1) is 21.6. The van der Waals surface area contributed by atoms with Crippen LogP contribution in [0.4, 0.5) is 10.5 Å². The van der Waals surface area contributed by atoms with Crippen molar-refractivity contribution in [1.29, 1.82) is 0 Å². The van der Waals surface area contributed by atoms with E-state index in [0.29, 0.717) is 23.4 Å². The average molecular weight is 652 g/mol. The number of aliphatic hydroxyl groups excluding tert-OH is 1. The highest BCUT2D eigenvalue weighted by Gasteiger charge is 2.24. The summed E-state index contributed by atoms with van der Waals surface area (Å²) in [6.07, 6.45) is 4.34. The molecule has 4 rings (SSSR count). The molecule has 1 fully saturated rings. The summed E-state index contributed by atoms with van der Waals surface area (Å²) in [7, 11) is -3.75. The van der Waals surface area contributed by atoms with Crippen LogP contribution in [0.5, 0.6) is 5.75 Å². The standard InChI is InChI=1S/C35H45N3O7S/c1-35(2,3)37-34(41)45-29(22-31(39)25-14-17-27(36)18-15-25)20-23-10-12-24(13-11-23)26-16-19-30(33(40)38-46(4,42)43)32(21-26)44-28-8-6-5-7-9-28/h10-19,21,28-29,31,39H,5-9,20,22,36H2,1-4H3,(H,37,41)(H,38,40)/t29?,31-/m1/s1. The molecule has 46 heavy (non-hydrogen) atoms. The second-order valence-corrected chi connectivity index (χ2v) is 14.8. The summed E-state index contributed by atoms with van der Waals surface area (Å²) >= 11 is 0. The van der Waals surface area contributed by atoms with Gasteiger partial charge in [0.15, 0.2) is 0 Å². The number of rotatable bonds is 11. The maximum atomic E-state index is 12.8. The quantitative estimate of drug-likeness (QED) is 0.187. The predicted octanol–water partition coefficient (Wildman–Crippen LogP) is 5.90. The van der Waals surface area contributed by atoms with Crippen molar-refractivity contribution < 1.29 is 32.6 Å². The number of carbonyl (C=O) groups is 2. The van der Waals surface area contributed by atoms with E-state index in [0.717, 1.165) is 55.1 Å². The number of ether oxygens (including phenoxy) is 2. The Bertz CT molecular complexity index is 1590. The highest BCUT2D eigenvalue weighted by atomic mass is 32.2. The molecule has 3 aromatic carbocycles. The molecule has 1 aliphatic rings. The summed E-state index contributed by atoms with van der Waals surface area (Å²) in [6, 6.07) is 19.8. The molecule has 0 heterocycles. The summed E-state index contributed by atoms with van der Waals surface area (Å²) in [4.78, 5) is 25.5. The molecule has 3 aromatic rings. The lowest BCUT2D eigenvalue weighted by atomic mass is 9.96. The Kier molecular flexibility index (Phi) is 11.3. The monoisotopic (exact) mass is 651 g/mol. The lowest BCUT2D eigenvalue weighted by Crippen LogP contribution is -2.42. The van der Waals surface area contributed by atoms with Crippen molar-refractivity contribution in [1.82, 2.24) is 10.0 Å². The summed E-state index contributed by atoms with van der Waals surface area (Å²) in [5.74, 6) is -0.400. The van der Waals surface area contributed by atoms with Crippen LogP contribution in [-0.2, 0) is 21.2 Å². The van der Waals surface area contributed by atoms with Gasteiger partial charge in [0.25, 0.3) is 5.91 Å². The third kappa shape index (κ3) is 10.8. The van der Waals surface area contributed by atoms with E-state index in [-0.39, 0.29) is 18.1 Å². The van der Waals surface area contributed by atoms with E-state index < -0.39 is 39.8 Å². The fraction of sp³-hybridized carbons (Fsp3) is 0.429. The number of anilines is 1. The van der Waals surface area contributed by atoms with Gasteiger partial charge >= 0.3 is 6.09 Å². The molecule has 10 nitrogen and oxygen atoms in total. The van der Waals surface area contributed by atoms with E-state index in [2.05, 4.69) is 5.32 Å². The Morgan fingerprint density at radius 1 is 0.957 bits per heavy atom. The van der Waals surface area contributed by atoms with Crippen molar-refractivity contribution in [3.63, 3.8) is 0 Å². The van der Waals surface area contributed by atoms with Crippen molar-refractivity contribution in [2.75, 3.05) is 12.0 Å². The Hall–Kier alpha value is -4.09. The van der Waals surface area contributed by atoms with E-state index in [1.54, 1.807) is 42.5 Å². The third-order valence-corrected chi connectivity index (χ3v) is 8.22. The first-order valence-electron chi connectivity index (χ1n) is 15.6. The molecule has 1 unspecified atom stereocenters. The van der Waals surface area contributed by atoms with Gasteiger partial charge < -0.3 is 25.6 Å². The lowest BCUT2D eigenvalue weighted by Gasteiger charge is -2.25. The largest absolute Gasteiger partial charge is 0.490 e. The van der Waals surface area contributed by atoms with Gasteiger partial charge in [-0.25, -0.2) is 17.9 Å². The van der Waals surface area contributed by atoms with Gasteiger partial charge in [0.2, 0.25) is 10.0 Å².